The second kappa shape index (κ2) is 6.72. The van der Waals surface area contributed by atoms with Gasteiger partial charge in [0, 0.05) is 23.0 Å². The summed E-state index contributed by atoms with van der Waals surface area (Å²) in [6.45, 7) is 2.08. The highest BCUT2D eigenvalue weighted by atomic mass is 79.9. The SMILES string of the molecule is CCOC(=O)c1c(CN=[N+]=[N-])n(C)c2cc(Br)c(OC)cc12. The lowest BCUT2D eigenvalue weighted by molar-refractivity contribution is 0.0527. The van der Waals surface area contributed by atoms with Crippen molar-refractivity contribution in [3.63, 3.8) is 0 Å². The summed E-state index contributed by atoms with van der Waals surface area (Å²) in [5.41, 5.74) is 10.4. The van der Waals surface area contributed by atoms with Crippen LogP contribution in [0.4, 0.5) is 0 Å². The molecule has 2 rings (SSSR count). The molecule has 0 bridgehead atoms. The summed E-state index contributed by atoms with van der Waals surface area (Å²) in [5.74, 6) is 0.166. The van der Waals surface area contributed by atoms with Crippen LogP contribution in [0.1, 0.15) is 23.0 Å². The molecule has 1 heterocycles. The molecule has 0 unspecified atom stereocenters. The minimum absolute atomic E-state index is 0.0652. The van der Waals surface area contributed by atoms with E-state index in [9.17, 15) is 4.79 Å². The molecule has 22 heavy (non-hydrogen) atoms. The quantitative estimate of drug-likeness (QED) is 0.347. The Morgan fingerprint density at radius 1 is 1.50 bits per heavy atom. The summed E-state index contributed by atoms with van der Waals surface area (Å²) in [5, 5.41) is 4.27. The molecule has 1 aromatic heterocycles. The van der Waals surface area contributed by atoms with Gasteiger partial charge in [0.2, 0.25) is 0 Å². The van der Waals surface area contributed by atoms with Crippen molar-refractivity contribution >= 4 is 32.8 Å². The number of benzene rings is 1. The number of hydrogen-bond donors (Lipinski definition) is 0. The van der Waals surface area contributed by atoms with Gasteiger partial charge in [-0.05, 0) is 40.5 Å². The Kier molecular flexibility index (Phi) is 4.95. The highest BCUT2D eigenvalue weighted by molar-refractivity contribution is 9.10. The second-order valence-corrected chi connectivity index (χ2v) is 5.35. The van der Waals surface area contributed by atoms with E-state index >= 15 is 0 Å². The van der Waals surface area contributed by atoms with Gasteiger partial charge in [0.1, 0.15) is 5.75 Å². The van der Waals surface area contributed by atoms with Gasteiger partial charge in [0.25, 0.3) is 0 Å². The largest absolute Gasteiger partial charge is 0.496 e. The molecule has 0 saturated heterocycles. The summed E-state index contributed by atoms with van der Waals surface area (Å²) in [6.07, 6.45) is 0. The van der Waals surface area contributed by atoms with Crippen molar-refractivity contribution in [2.45, 2.75) is 13.5 Å². The van der Waals surface area contributed by atoms with Gasteiger partial charge < -0.3 is 14.0 Å². The number of rotatable bonds is 5. The van der Waals surface area contributed by atoms with Crippen molar-refractivity contribution in [1.29, 1.82) is 0 Å². The summed E-state index contributed by atoms with van der Waals surface area (Å²) in [6, 6.07) is 3.63. The van der Waals surface area contributed by atoms with Gasteiger partial charge >= 0.3 is 5.97 Å². The number of carbonyl (C=O) groups is 1. The third-order valence-electron chi connectivity index (χ3n) is 3.36. The molecule has 0 N–H and O–H groups in total. The lowest BCUT2D eigenvalue weighted by Gasteiger charge is -2.05. The Balaban J connectivity index is 2.79. The summed E-state index contributed by atoms with van der Waals surface area (Å²) >= 11 is 3.43. The zero-order chi connectivity index (χ0) is 16.3. The van der Waals surface area contributed by atoms with Crippen LogP contribution in [0.5, 0.6) is 5.75 Å². The molecular formula is C14H15BrN4O3. The van der Waals surface area contributed by atoms with E-state index < -0.39 is 5.97 Å². The zero-order valence-electron chi connectivity index (χ0n) is 12.5. The molecule has 0 aliphatic rings. The summed E-state index contributed by atoms with van der Waals surface area (Å²) in [7, 11) is 3.37. The molecule has 0 amide bonds. The molecule has 0 radical (unpaired) electrons. The number of nitrogens with zero attached hydrogens (tertiary/aromatic N) is 4. The Morgan fingerprint density at radius 3 is 2.82 bits per heavy atom. The first kappa shape index (κ1) is 16.2. The standard InChI is InChI=1S/C14H15BrN4O3/c1-4-22-14(20)13-8-5-12(21-3)9(15)6-10(8)19(2)11(13)7-17-18-16/h5-6H,4,7H2,1-3H3. The highest BCUT2D eigenvalue weighted by Crippen LogP contribution is 2.35. The van der Waals surface area contributed by atoms with Gasteiger partial charge in [-0.3, -0.25) is 0 Å². The third-order valence-corrected chi connectivity index (χ3v) is 3.98. The van der Waals surface area contributed by atoms with E-state index in [-0.39, 0.29) is 13.2 Å². The number of azide groups is 1. The van der Waals surface area contributed by atoms with Gasteiger partial charge in [-0.2, -0.15) is 0 Å². The smallest absolute Gasteiger partial charge is 0.340 e. The maximum atomic E-state index is 12.3. The van der Waals surface area contributed by atoms with Crippen LogP contribution in [0, 0.1) is 0 Å². The number of esters is 1. The van der Waals surface area contributed by atoms with Crippen molar-refractivity contribution in [2.24, 2.45) is 12.2 Å². The van der Waals surface area contributed by atoms with E-state index in [4.69, 9.17) is 15.0 Å². The molecule has 0 spiro atoms. The number of fused-ring (bicyclic) bond motifs is 1. The van der Waals surface area contributed by atoms with Crippen molar-refractivity contribution in [1.82, 2.24) is 4.57 Å². The predicted molar refractivity (Wildman–Crippen MR) is 86.0 cm³/mol. The topological polar surface area (TPSA) is 89.2 Å². The first-order chi connectivity index (χ1) is 10.5. The number of hydrogen-bond acceptors (Lipinski definition) is 4. The zero-order valence-corrected chi connectivity index (χ0v) is 14.0. The average Bonchev–Trinajstić information content (AvgIpc) is 2.76. The normalized spacial score (nSPS) is 10.4. The average molecular weight is 367 g/mol. The van der Waals surface area contributed by atoms with Crippen molar-refractivity contribution < 1.29 is 14.3 Å². The van der Waals surface area contributed by atoms with E-state index in [0.29, 0.717) is 22.4 Å². The number of aromatic nitrogens is 1. The third kappa shape index (κ3) is 2.75. The molecule has 1 aromatic carbocycles. The van der Waals surface area contributed by atoms with E-state index in [0.717, 1.165) is 9.99 Å². The number of aryl methyl sites for hydroxylation is 1. The number of halogens is 1. The highest BCUT2D eigenvalue weighted by Gasteiger charge is 2.23. The minimum Gasteiger partial charge on any atom is -0.496 e. The van der Waals surface area contributed by atoms with Crippen molar-refractivity contribution in [3.05, 3.63) is 38.3 Å². The van der Waals surface area contributed by atoms with Crippen LogP contribution in [-0.4, -0.2) is 24.3 Å². The molecule has 0 atom stereocenters. The van der Waals surface area contributed by atoms with Gasteiger partial charge in [-0.15, -0.1) is 0 Å². The first-order valence-electron chi connectivity index (χ1n) is 6.57. The van der Waals surface area contributed by atoms with Gasteiger partial charge in [0.05, 0.1) is 35.8 Å². The lowest BCUT2D eigenvalue weighted by atomic mass is 10.1. The van der Waals surface area contributed by atoms with Gasteiger partial charge in [-0.25, -0.2) is 4.79 Å². The van der Waals surface area contributed by atoms with Crippen LogP contribution in [0.15, 0.2) is 21.7 Å². The van der Waals surface area contributed by atoms with E-state index in [2.05, 4.69) is 26.0 Å². The van der Waals surface area contributed by atoms with Crippen molar-refractivity contribution in [3.8, 4) is 5.75 Å². The van der Waals surface area contributed by atoms with Gasteiger partial charge in [-0.1, -0.05) is 5.11 Å². The fourth-order valence-electron chi connectivity index (χ4n) is 2.36. The molecule has 0 aliphatic heterocycles. The van der Waals surface area contributed by atoms with Crippen LogP contribution < -0.4 is 4.74 Å². The number of ether oxygens (including phenoxy) is 2. The molecule has 8 heteroatoms. The Morgan fingerprint density at radius 2 is 2.23 bits per heavy atom. The fraction of sp³-hybridized carbons (Fsp3) is 0.357. The molecule has 0 saturated carbocycles. The lowest BCUT2D eigenvalue weighted by Crippen LogP contribution is -2.08. The summed E-state index contributed by atoms with van der Waals surface area (Å²) < 4.78 is 13.0. The minimum atomic E-state index is -0.444. The number of carbonyl (C=O) groups excluding carboxylic acids is 1. The Hall–Kier alpha value is -2.18. The Bertz CT molecular complexity index is 778. The molecule has 0 fully saturated rings. The van der Waals surface area contributed by atoms with Crippen LogP contribution >= 0.6 is 15.9 Å². The fourth-order valence-corrected chi connectivity index (χ4v) is 2.85. The monoisotopic (exact) mass is 366 g/mol. The molecule has 2 aromatic rings. The molecule has 0 aliphatic carbocycles. The Labute approximate surface area is 135 Å². The van der Waals surface area contributed by atoms with Crippen LogP contribution in [0.3, 0.4) is 0 Å². The maximum absolute atomic E-state index is 12.3. The van der Waals surface area contributed by atoms with E-state index in [1.807, 2.05) is 17.7 Å². The molecular weight excluding hydrogens is 352 g/mol. The van der Waals surface area contributed by atoms with E-state index in [1.165, 1.54) is 0 Å². The van der Waals surface area contributed by atoms with Gasteiger partial charge in [0.15, 0.2) is 0 Å². The number of methoxy groups -OCH3 is 1. The first-order valence-corrected chi connectivity index (χ1v) is 7.37. The predicted octanol–water partition coefficient (Wildman–Crippen LogP) is 3.94. The van der Waals surface area contributed by atoms with Crippen LogP contribution in [-0.2, 0) is 18.3 Å². The van der Waals surface area contributed by atoms with Crippen molar-refractivity contribution in [2.75, 3.05) is 13.7 Å². The van der Waals surface area contributed by atoms with E-state index in [1.54, 1.807) is 20.1 Å². The second-order valence-electron chi connectivity index (χ2n) is 4.49. The van der Waals surface area contributed by atoms with Crippen LogP contribution in [0.2, 0.25) is 0 Å². The molecule has 116 valence electrons. The summed E-state index contributed by atoms with van der Waals surface area (Å²) in [4.78, 5) is 15.1. The van der Waals surface area contributed by atoms with Crippen LogP contribution in [0.25, 0.3) is 21.3 Å². The maximum Gasteiger partial charge on any atom is 0.340 e. The molecule has 7 nitrogen and oxygen atoms in total.